The number of sulfonamides is 1. The molecule has 4 rings (SSSR count). The predicted octanol–water partition coefficient (Wildman–Crippen LogP) is 5.50. The Labute approximate surface area is 255 Å². The van der Waals surface area contributed by atoms with Gasteiger partial charge in [0.2, 0.25) is 11.8 Å². The van der Waals surface area contributed by atoms with Gasteiger partial charge in [0.1, 0.15) is 12.6 Å². The summed E-state index contributed by atoms with van der Waals surface area (Å²) in [5.74, 6) is -0.813. The van der Waals surface area contributed by atoms with E-state index in [-0.39, 0.29) is 23.8 Å². The molecule has 0 spiro atoms. The predicted molar refractivity (Wildman–Crippen MR) is 171 cm³/mol. The second-order valence-corrected chi connectivity index (χ2v) is 12.8. The summed E-state index contributed by atoms with van der Waals surface area (Å²) in [5.41, 5.74) is 5.67. The monoisotopic (exact) mass is 597 g/mol. The van der Waals surface area contributed by atoms with Crippen LogP contribution in [-0.2, 0) is 32.6 Å². The fraction of sp³-hybridized carbons (Fsp3) is 0.257. The maximum Gasteiger partial charge on any atom is 0.264 e. The lowest BCUT2D eigenvalue weighted by Gasteiger charge is -2.34. The van der Waals surface area contributed by atoms with Crippen molar-refractivity contribution in [1.29, 1.82) is 0 Å². The first kappa shape index (κ1) is 31.5. The van der Waals surface area contributed by atoms with Gasteiger partial charge < -0.3 is 10.2 Å². The number of likely N-dealkylation sites (N-methyl/N-ethyl adjacent to an activating group) is 1. The van der Waals surface area contributed by atoms with Crippen LogP contribution in [0.4, 0.5) is 5.69 Å². The van der Waals surface area contributed by atoms with Crippen molar-refractivity contribution in [2.24, 2.45) is 0 Å². The molecule has 1 atom stereocenters. The molecule has 8 heteroatoms. The largest absolute Gasteiger partial charge is 0.357 e. The molecule has 43 heavy (non-hydrogen) atoms. The van der Waals surface area contributed by atoms with E-state index in [0.29, 0.717) is 11.3 Å². The van der Waals surface area contributed by atoms with Crippen LogP contribution in [0.2, 0.25) is 0 Å². The number of hydrogen-bond donors (Lipinski definition) is 1. The highest BCUT2D eigenvalue weighted by Crippen LogP contribution is 2.29. The van der Waals surface area contributed by atoms with E-state index < -0.39 is 28.5 Å². The first-order valence-corrected chi connectivity index (χ1v) is 15.7. The highest BCUT2D eigenvalue weighted by molar-refractivity contribution is 7.92. The van der Waals surface area contributed by atoms with Crippen molar-refractivity contribution in [2.45, 2.75) is 51.6 Å². The van der Waals surface area contributed by atoms with Gasteiger partial charge in [-0.25, -0.2) is 8.42 Å². The molecular formula is C35H39N3O4S. The molecule has 0 bridgehead atoms. The number of hydrogen-bond acceptors (Lipinski definition) is 4. The second kappa shape index (κ2) is 13.7. The van der Waals surface area contributed by atoms with E-state index in [4.69, 9.17) is 0 Å². The Hall–Kier alpha value is -4.43. The van der Waals surface area contributed by atoms with Gasteiger partial charge in [-0.15, -0.1) is 0 Å². The lowest BCUT2D eigenvalue weighted by Crippen LogP contribution is -2.53. The normalized spacial score (nSPS) is 11.9. The lowest BCUT2D eigenvalue weighted by atomic mass is 10.0. The molecule has 224 valence electrons. The molecule has 4 aromatic rings. The molecule has 2 amide bonds. The van der Waals surface area contributed by atoms with Crippen LogP contribution in [0, 0.1) is 27.7 Å². The third kappa shape index (κ3) is 7.70. The first-order valence-electron chi connectivity index (χ1n) is 14.3. The van der Waals surface area contributed by atoms with Crippen molar-refractivity contribution in [3.63, 3.8) is 0 Å². The zero-order valence-corrected chi connectivity index (χ0v) is 26.2. The SMILES string of the molecule is CNC(=O)[C@@H](Cc1ccccc1)N(Cc1cccc(C)c1)C(=O)CN(c1cc(C)ccc1C)S(=O)(=O)c1ccc(C)cc1. The molecule has 0 saturated carbocycles. The number of nitrogens with one attached hydrogen (secondary N) is 1. The molecule has 4 aromatic carbocycles. The van der Waals surface area contributed by atoms with Crippen molar-refractivity contribution in [2.75, 3.05) is 17.9 Å². The Morgan fingerprint density at radius 2 is 1.37 bits per heavy atom. The molecular weight excluding hydrogens is 558 g/mol. The van der Waals surface area contributed by atoms with Gasteiger partial charge in [-0.2, -0.15) is 0 Å². The molecule has 0 radical (unpaired) electrons. The van der Waals surface area contributed by atoms with Gasteiger partial charge in [0.15, 0.2) is 0 Å². The van der Waals surface area contributed by atoms with Crippen LogP contribution in [0.15, 0.2) is 102 Å². The van der Waals surface area contributed by atoms with E-state index in [1.165, 1.54) is 9.21 Å². The molecule has 0 aliphatic heterocycles. The number of aryl methyl sites for hydroxylation is 4. The van der Waals surface area contributed by atoms with Gasteiger partial charge in [0, 0.05) is 20.0 Å². The third-order valence-corrected chi connectivity index (χ3v) is 9.25. The van der Waals surface area contributed by atoms with Crippen molar-refractivity contribution in [3.8, 4) is 0 Å². The van der Waals surface area contributed by atoms with Gasteiger partial charge in [0.25, 0.3) is 10.0 Å². The van der Waals surface area contributed by atoms with Crippen LogP contribution in [0.5, 0.6) is 0 Å². The molecule has 0 fully saturated rings. The topological polar surface area (TPSA) is 86.8 Å². The van der Waals surface area contributed by atoms with E-state index in [2.05, 4.69) is 5.32 Å². The molecule has 0 saturated heterocycles. The average molecular weight is 598 g/mol. The summed E-state index contributed by atoms with van der Waals surface area (Å²) in [4.78, 5) is 29.4. The summed E-state index contributed by atoms with van der Waals surface area (Å²) in [6, 6.07) is 28.5. The van der Waals surface area contributed by atoms with Crippen LogP contribution in [-0.4, -0.2) is 44.8 Å². The van der Waals surface area contributed by atoms with E-state index in [1.807, 2.05) is 94.4 Å². The molecule has 7 nitrogen and oxygen atoms in total. The number of carbonyl (C=O) groups is 2. The van der Waals surface area contributed by atoms with Gasteiger partial charge in [-0.1, -0.05) is 90.0 Å². The summed E-state index contributed by atoms with van der Waals surface area (Å²) in [5, 5.41) is 2.72. The van der Waals surface area contributed by atoms with Crippen molar-refractivity contribution in [1.82, 2.24) is 10.2 Å². The lowest BCUT2D eigenvalue weighted by molar-refractivity contribution is -0.139. The Bertz CT molecular complexity index is 1690. The van der Waals surface area contributed by atoms with Crippen molar-refractivity contribution < 1.29 is 18.0 Å². The number of amides is 2. The molecule has 0 aliphatic rings. The molecule has 0 aromatic heterocycles. The van der Waals surface area contributed by atoms with Gasteiger partial charge in [0.05, 0.1) is 10.6 Å². The molecule has 0 aliphatic carbocycles. The van der Waals surface area contributed by atoms with Crippen molar-refractivity contribution >= 4 is 27.5 Å². The van der Waals surface area contributed by atoms with Crippen LogP contribution >= 0.6 is 0 Å². The van der Waals surface area contributed by atoms with Crippen LogP contribution in [0.1, 0.15) is 33.4 Å². The minimum atomic E-state index is -4.14. The summed E-state index contributed by atoms with van der Waals surface area (Å²) < 4.78 is 29.6. The van der Waals surface area contributed by atoms with Crippen LogP contribution in [0.25, 0.3) is 0 Å². The zero-order chi connectivity index (χ0) is 31.1. The standard InChI is InChI=1S/C35H39N3O4S/c1-25-15-18-31(19-16-25)43(41,42)38(32-21-27(3)14-17-28(32)4)24-34(39)37(23-30-13-9-10-26(2)20-30)33(35(40)36-5)22-29-11-7-6-8-12-29/h6-21,33H,22-24H2,1-5H3,(H,36,40)/t33-/m1/s1. The number of rotatable bonds is 11. The van der Waals surface area contributed by atoms with Crippen molar-refractivity contribution in [3.05, 3.63) is 130 Å². The van der Waals surface area contributed by atoms with E-state index >= 15 is 0 Å². The quantitative estimate of drug-likeness (QED) is 0.247. The van der Waals surface area contributed by atoms with Gasteiger partial charge in [-0.05, 0) is 68.1 Å². The Morgan fingerprint density at radius 1 is 0.744 bits per heavy atom. The number of nitrogens with zero attached hydrogens (tertiary/aromatic N) is 2. The maximum atomic E-state index is 14.4. The Balaban J connectivity index is 1.82. The average Bonchev–Trinajstić information content (AvgIpc) is 2.99. The minimum absolute atomic E-state index is 0.0872. The van der Waals surface area contributed by atoms with E-state index in [0.717, 1.165) is 27.8 Å². The fourth-order valence-electron chi connectivity index (χ4n) is 5.07. The summed E-state index contributed by atoms with van der Waals surface area (Å²) >= 11 is 0. The second-order valence-electron chi connectivity index (χ2n) is 10.9. The smallest absolute Gasteiger partial charge is 0.264 e. The van der Waals surface area contributed by atoms with Crippen LogP contribution < -0.4 is 9.62 Å². The first-order chi connectivity index (χ1) is 20.5. The zero-order valence-electron chi connectivity index (χ0n) is 25.4. The number of benzene rings is 4. The number of carbonyl (C=O) groups excluding carboxylic acids is 2. The fourth-order valence-corrected chi connectivity index (χ4v) is 6.54. The van der Waals surface area contributed by atoms with E-state index in [1.54, 1.807) is 37.4 Å². The Kier molecular flexibility index (Phi) is 10.0. The molecule has 1 N–H and O–H groups in total. The number of anilines is 1. The van der Waals surface area contributed by atoms with Gasteiger partial charge >= 0.3 is 0 Å². The highest BCUT2D eigenvalue weighted by atomic mass is 32.2. The van der Waals surface area contributed by atoms with E-state index in [9.17, 15) is 18.0 Å². The molecule has 0 heterocycles. The highest BCUT2D eigenvalue weighted by Gasteiger charge is 2.34. The summed E-state index contributed by atoms with van der Waals surface area (Å²) in [7, 11) is -2.60. The van der Waals surface area contributed by atoms with Gasteiger partial charge in [-0.3, -0.25) is 13.9 Å². The van der Waals surface area contributed by atoms with Crippen LogP contribution in [0.3, 0.4) is 0 Å². The third-order valence-electron chi connectivity index (χ3n) is 7.47. The summed E-state index contributed by atoms with van der Waals surface area (Å²) in [6.45, 7) is 7.21. The Morgan fingerprint density at radius 3 is 2.02 bits per heavy atom. The minimum Gasteiger partial charge on any atom is -0.357 e. The molecule has 0 unspecified atom stereocenters. The maximum absolute atomic E-state index is 14.4. The summed E-state index contributed by atoms with van der Waals surface area (Å²) in [6.07, 6.45) is 0.270.